The van der Waals surface area contributed by atoms with Crippen molar-refractivity contribution in [3.05, 3.63) is 29.8 Å². The van der Waals surface area contributed by atoms with Gasteiger partial charge in [-0.3, -0.25) is 14.9 Å². The van der Waals surface area contributed by atoms with Crippen molar-refractivity contribution >= 4 is 17.9 Å². The highest BCUT2D eigenvalue weighted by Crippen LogP contribution is 2.11. The number of ether oxygens (including phenoxy) is 2. The second-order valence-corrected chi connectivity index (χ2v) is 5.02. The molecule has 0 aliphatic rings. The zero-order valence-corrected chi connectivity index (χ0v) is 13.5. The predicted octanol–water partition coefficient (Wildman–Crippen LogP) is 1.41. The van der Waals surface area contributed by atoms with E-state index in [4.69, 9.17) is 9.47 Å². The minimum Gasteiger partial charge on any atom is -0.497 e. The van der Waals surface area contributed by atoms with Gasteiger partial charge in [0.15, 0.2) is 6.61 Å². The average molecular weight is 322 g/mol. The van der Waals surface area contributed by atoms with Crippen molar-refractivity contribution in [1.82, 2.24) is 10.6 Å². The number of hydrogen-bond acceptors (Lipinski definition) is 5. The van der Waals surface area contributed by atoms with Crippen LogP contribution in [0.2, 0.25) is 0 Å². The zero-order valence-electron chi connectivity index (χ0n) is 13.5. The van der Waals surface area contributed by atoms with Crippen LogP contribution in [-0.4, -0.2) is 37.7 Å². The number of carbonyl (C=O) groups excluding carboxylic acids is 3. The van der Waals surface area contributed by atoms with Gasteiger partial charge in [-0.25, -0.2) is 4.79 Å². The first-order chi connectivity index (χ1) is 10.9. The summed E-state index contributed by atoms with van der Waals surface area (Å²) in [5.74, 6) is -0.532. The molecule has 0 fully saturated rings. The highest BCUT2D eigenvalue weighted by molar-refractivity contribution is 5.95. The van der Waals surface area contributed by atoms with Crippen LogP contribution in [0, 0.1) is 0 Å². The molecule has 126 valence electrons. The number of methoxy groups -OCH3 is 1. The van der Waals surface area contributed by atoms with Gasteiger partial charge in [-0.2, -0.15) is 0 Å². The van der Waals surface area contributed by atoms with Crippen LogP contribution in [0.1, 0.15) is 25.8 Å². The van der Waals surface area contributed by atoms with Crippen LogP contribution in [-0.2, 0) is 20.7 Å². The quantitative estimate of drug-likeness (QED) is 0.740. The fourth-order valence-corrected chi connectivity index (χ4v) is 1.63. The monoisotopic (exact) mass is 322 g/mol. The standard InChI is InChI=1S/C16H22N2O5/c1-4-11(2)17-16(21)18-14(19)10-23-15(20)9-12-5-7-13(22-3)8-6-12/h5-8,11H,4,9-10H2,1-3H3,(H2,17,18,19,21)/t11-/m0/s1. The van der Waals surface area contributed by atoms with Crippen LogP contribution in [0.4, 0.5) is 4.79 Å². The second kappa shape index (κ2) is 9.45. The Kier molecular flexibility index (Phi) is 7.59. The summed E-state index contributed by atoms with van der Waals surface area (Å²) in [7, 11) is 1.55. The Hall–Kier alpha value is -2.57. The summed E-state index contributed by atoms with van der Waals surface area (Å²) in [4.78, 5) is 34.6. The topological polar surface area (TPSA) is 93.7 Å². The van der Waals surface area contributed by atoms with E-state index in [1.165, 1.54) is 0 Å². The van der Waals surface area contributed by atoms with E-state index >= 15 is 0 Å². The Morgan fingerprint density at radius 3 is 2.39 bits per heavy atom. The summed E-state index contributed by atoms with van der Waals surface area (Å²) in [5.41, 5.74) is 0.741. The molecule has 0 aliphatic carbocycles. The molecule has 1 rings (SSSR count). The summed E-state index contributed by atoms with van der Waals surface area (Å²) in [6.07, 6.45) is 0.787. The third kappa shape index (κ3) is 7.30. The van der Waals surface area contributed by atoms with E-state index in [0.29, 0.717) is 5.75 Å². The first-order valence-electron chi connectivity index (χ1n) is 7.33. The fourth-order valence-electron chi connectivity index (χ4n) is 1.63. The van der Waals surface area contributed by atoms with Crippen molar-refractivity contribution in [2.24, 2.45) is 0 Å². The van der Waals surface area contributed by atoms with Gasteiger partial charge in [-0.1, -0.05) is 19.1 Å². The van der Waals surface area contributed by atoms with Crippen molar-refractivity contribution in [3.8, 4) is 5.75 Å². The molecule has 0 aliphatic heterocycles. The molecule has 0 radical (unpaired) electrons. The molecule has 0 saturated heterocycles. The van der Waals surface area contributed by atoms with Crippen molar-refractivity contribution in [1.29, 1.82) is 0 Å². The summed E-state index contributed by atoms with van der Waals surface area (Å²) in [6.45, 7) is 3.23. The summed E-state index contributed by atoms with van der Waals surface area (Å²) < 4.78 is 9.85. The number of rotatable bonds is 7. The molecule has 0 heterocycles. The molecule has 0 unspecified atom stereocenters. The first kappa shape index (κ1) is 18.5. The number of benzene rings is 1. The second-order valence-electron chi connectivity index (χ2n) is 5.02. The van der Waals surface area contributed by atoms with E-state index in [2.05, 4.69) is 10.6 Å². The number of urea groups is 1. The van der Waals surface area contributed by atoms with Gasteiger partial charge < -0.3 is 14.8 Å². The number of carbonyl (C=O) groups is 3. The molecule has 0 spiro atoms. The van der Waals surface area contributed by atoms with E-state index in [0.717, 1.165) is 12.0 Å². The van der Waals surface area contributed by atoms with Crippen LogP contribution in [0.3, 0.4) is 0 Å². The minimum atomic E-state index is -0.672. The maximum Gasteiger partial charge on any atom is 0.321 e. The lowest BCUT2D eigenvalue weighted by Gasteiger charge is -2.11. The Morgan fingerprint density at radius 2 is 1.83 bits per heavy atom. The molecule has 7 nitrogen and oxygen atoms in total. The van der Waals surface area contributed by atoms with Gasteiger partial charge in [0.2, 0.25) is 0 Å². The van der Waals surface area contributed by atoms with Gasteiger partial charge in [-0.15, -0.1) is 0 Å². The summed E-state index contributed by atoms with van der Waals surface area (Å²) in [5, 5.41) is 4.67. The van der Waals surface area contributed by atoms with E-state index in [1.807, 2.05) is 13.8 Å². The zero-order chi connectivity index (χ0) is 17.2. The van der Waals surface area contributed by atoms with Gasteiger partial charge in [0.25, 0.3) is 5.91 Å². The minimum absolute atomic E-state index is 0.0380. The Labute approximate surface area is 135 Å². The molecule has 23 heavy (non-hydrogen) atoms. The molecular formula is C16H22N2O5. The van der Waals surface area contributed by atoms with Crippen molar-refractivity contribution in [2.45, 2.75) is 32.7 Å². The van der Waals surface area contributed by atoms with E-state index < -0.39 is 24.5 Å². The highest BCUT2D eigenvalue weighted by Gasteiger charge is 2.12. The summed E-state index contributed by atoms with van der Waals surface area (Å²) >= 11 is 0. The van der Waals surface area contributed by atoms with E-state index in [9.17, 15) is 14.4 Å². The highest BCUT2D eigenvalue weighted by atomic mass is 16.5. The van der Waals surface area contributed by atoms with Crippen LogP contribution >= 0.6 is 0 Å². The lowest BCUT2D eigenvalue weighted by atomic mass is 10.1. The Morgan fingerprint density at radius 1 is 1.17 bits per heavy atom. The third-order valence-corrected chi connectivity index (χ3v) is 3.11. The SMILES string of the molecule is CC[C@H](C)NC(=O)NC(=O)COC(=O)Cc1ccc(OC)cc1. The van der Waals surface area contributed by atoms with Gasteiger partial charge in [-0.05, 0) is 31.0 Å². The lowest BCUT2D eigenvalue weighted by molar-refractivity contribution is -0.147. The molecule has 1 aromatic rings. The molecule has 1 aromatic carbocycles. The Bertz CT molecular complexity index is 542. The maximum atomic E-state index is 11.6. The largest absolute Gasteiger partial charge is 0.497 e. The van der Waals surface area contributed by atoms with Crippen molar-refractivity contribution in [2.75, 3.05) is 13.7 Å². The number of esters is 1. The van der Waals surface area contributed by atoms with Crippen LogP contribution in [0.25, 0.3) is 0 Å². The molecule has 1 atom stereocenters. The smallest absolute Gasteiger partial charge is 0.321 e. The molecule has 0 bridgehead atoms. The number of hydrogen-bond donors (Lipinski definition) is 2. The molecule has 0 aromatic heterocycles. The van der Waals surface area contributed by atoms with Crippen molar-refractivity contribution < 1.29 is 23.9 Å². The predicted molar refractivity (Wildman–Crippen MR) is 84.1 cm³/mol. The normalized spacial score (nSPS) is 11.3. The summed E-state index contributed by atoms with van der Waals surface area (Å²) in [6, 6.07) is 6.29. The molecule has 0 saturated carbocycles. The lowest BCUT2D eigenvalue weighted by Crippen LogP contribution is -2.44. The number of imide groups is 1. The molecule has 2 N–H and O–H groups in total. The Balaban J connectivity index is 2.31. The number of amides is 3. The van der Waals surface area contributed by atoms with Gasteiger partial charge in [0.05, 0.1) is 13.5 Å². The van der Waals surface area contributed by atoms with Gasteiger partial charge in [0.1, 0.15) is 5.75 Å². The van der Waals surface area contributed by atoms with Crippen LogP contribution in [0.15, 0.2) is 24.3 Å². The maximum absolute atomic E-state index is 11.6. The molecular weight excluding hydrogens is 300 g/mol. The average Bonchev–Trinajstić information content (AvgIpc) is 2.53. The van der Waals surface area contributed by atoms with Crippen molar-refractivity contribution in [3.63, 3.8) is 0 Å². The van der Waals surface area contributed by atoms with Crippen LogP contribution < -0.4 is 15.4 Å². The van der Waals surface area contributed by atoms with Gasteiger partial charge >= 0.3 is 12.0 Å². The fraction of sp³-hybridized carbons (Fsp3) is 0.438. The molecule has 7 heteroatoms. The van der Waals surface area contributed by atoms with E-state index in [1.54, 1.807) is 31.4 Å². The van der Waals surface area contributed by atoms with Crippen LogP contribution in [0.5, 0.6) is 5.75 Å². The molecule has 3 amide bonds. The van der Waals surface area contributed by atoms with Gasteiger partial charge in [0, 0.05) is 6.04 Å². The third-order valence-electron chi connectivity index (χ3n) is 3.11. The first-order valence-corrected chi connectivity index (χ1v) is 7.33. The number of nitrogens with one attached hydrogen (secondary N) is 2. The van der Waals surface area contributed by atoms with E-state index in [-0.39, 0.29) is 12.5 Å².